The molecule has 0 bridgehead atoms. The third-order valence-corrected chi connectivity index (χ3v) is 3.06. The Morgan fingerprint density at radius 2 is 1.89 bits per heavy atom. The van der Waals surface area contributed by atoms with Gasteiger partial charge in [-0.1, -0.05) is 0 Å². The van der Waals surface area contributed by atoms with Crippen LogP contribution in [0.5, 0.6) is 0 Å². The normalized spacial score (nSPS) is 24.1. The minimum atomic E-state index is -4.24. The van der Waals surface area contributed by atoms with Crippen molar-refractivity contribution in [2.75, 3.05) is 6.54 Å². The number of nitrogens with zero attached hydrogens (tertiary/aromatic N) is 1. The Balaban J connectivity index is 2.70. The number of hydrogen-bond donors (Lipinski definition) is 1. The molecule has 1 rings (SSSR count). The predicted molar refractivity (Wildman–Crippen MR) is 58.7 cm³/mol. The molecular formula is C11H17F3N2O2. The fourth-order valence-corrected chi connectivity index (χ4v) is 1.89. The molecule has 0 aromatic heterocycles. The van der Waals surface area contributed by atoms with Gasteiger partial charge in [-0.15, -0.1) is 0 Å². The standard InChI is InChI=1S/C11H17F3N2O2/c1-7-8(17)16(6-4-5-11(12,13)14)10(2,3)9(18)15-7/h7H,4-6H2,1-3H3,(H,15,18). The van der Waals surface area contributed by atoms with Gasteiger partial charge in [0.25, 0.3) is 0 Å². The smallest absolute Gasteiger partial charge is 0.343 e. The van der Waals surface area contributed by atoms with Crippen molar-refractivity contribution in [3.63, 3.8) is 0 Å². The maximum atomic E-state index is 12.1. The number of rotatable bonds is 3. The van der Waals surface area contributed by atoms with Crippen molar-refractivity contribution in [1.29, 1.82) is 0 Å². The van der Waals surface area contributed by atoms with Crippen LogP contribution in [0.1, 0.15) is 33.6 Å². The average molecular weight is 266 g/mol. The monoisotopic (exact) mass is 266 g/mol. The molecule has 0 spiro atoms. The number of halogens is 3. The van der Waals surface area contributed by atoms with Crippen LogP contribution in [0.3, 0.4) is 0 Å². The van der Waals surface area contributed by atoms with E-state index in [1.165, 1.54) is 25.7 Å². The number of alkyl halides is 3. The Bertz CT molecular complexity index is 353. The minimum Gasteiger partial charge on any atom is -0.343 e. The summed E-state index contributed by atoms with van der Waals surface area (Å²) in [5, 5.41) is 2.50. The number of piperazine rings is 1. The summed E-state index contributed by atoms with van der Waals surface area (Å²) in [5.41, 5.74) is -1.10. The van der Waals surface area contributed by atoms with Crippen molar-refractivity contribution >= 4 is 11.8 Å². The molecular weight excluding hydrogens is 249 g/mol. The van der Waals surface area contributed by atoms with Crippen LogP contribution in [0, 0.1) is 0 Å². The summed E-state index contributed by atoms with van der Waals surface area (Å²) in [6, 6.07) is -0.684. The summed E-state index contributed by atoms with van der Waals surface area (Å²) in [6.45, 7) is 4.51. The van der Waals surface area contributed by atoms with Gasteiger partial charge in [-0.25, -0.2) is 0 Å². The van der Waals surface area contributed by atoms with Gasteiger partial charge in [-0.3, -0.25) is 9.59 Å². The summed E-state index contributed by atoms with van der Waals surface area (Å²) in [5.74, 6) is -0.691. The van der Waals surface area contributed by atoms with E-state index in [0.717, 1.165) is 0 Å². The lowest BCUT2D eigenvalue weighted by molar-refractivity contribution is -0.157. The quantitative estimate of drug-likeness (QED) is 0.840. The van der Waals surface area contributed by atoms with Gasteiger partial charge >= 0.3 is 6.18 Å². The SMILES string of the molecule is CC1NC(=O)C(C)(C)N(CCCC(F)(F)F)C1=O. The first-order valence-corrected chi connectivity index (χ1v) is 5.75. The van der Waals surface area contributed by atoms with E-state index in [0.29, 0.717) is 0 Å². The van der Waals surface area contributed by atoms with Crippen LogP contribution in [-0.4, -0.2) is 41.0 Å². The van der Waals surface area contributed by atoms with Crippen LogP contribution in [0.2, 0.25) is 0 Å². The molecule has 104 valence electrons. The van der Waals surface area contributed by atoms with Gasteiger partial charge < -0.3 is 10.2 Å². The van der Waals surface area contributed by atoms with E-state index >= 15 is 0 Å². The largest absolute Gasteiger partial charge is 0.389 e. The fraction of sp³-hybridized carbons (Fsp3) is 0.818. The second-order valence-electron chi connectivity index (χ2n) is 4.96. The van der Waals surface area contributed by atoms with Crippen molar-refractivity contribution in [1.82, 2.24) is 10.2 Å². The van der Waals surface area contributed by atoms with Crippen LogP contribution in [0.4, 0.5) is 13.2 Å². The summed E-state index contributed by atoms with van der Waals surface area (Å²) in [6.07, 6.45) is -5.39. The number of nitrogens with one attached hydrogen (secondary N) is 1. The lowest BCUT2D eigenvalue weighted by Crippen LogP contribution is -2.67. The second-order valence-corrected chi connectivity index (χ2v) is 4.96. The van der Waals surface area contributed by atoms with Gasteiger partial charge in [-0.05, 0) is 27.2 Å². The van der Waals surface area contributed by atoms with Gasteiger partial charge in [0, 0.05) is 13.0 Å². The molecule has 0 aromatic rings. The van der Waals surface area contributed by atoms with E-state index in [9.17, 15) is 22.8 Å². The topological polar surface area (TPSA) is 49.4 Å². The number of carbonyl (C=O) groups excluding carboxylic acids is 2. The first-order chi connectivity index (χ1) is 8.05. The van der Waals surface area contributed by atoms with Crippen molar-refractivity contribution in [3.05, 3.63) is 0 Å². The Morgan fingerprint density at radius 3 is 2.39 bits per heavy atom. The molecule has 1 aliphatic heterocycles. The van der Waals surface area contributed by atoms with Crippen LogP contribution in [0.15, 0.2) is 0 Å². The Morgan fingerprint density at radius 1 is 1.33 bits per heavy atom. The second kappa shape index (κ2) is 4.78. The van der Waals surface area contributed by atoms with E-state index in [1.54, 1.807) is 0 Å². The fourth-order valence-electron chi connectivity index (χ4n) is 1.89. The van der Waals surface area contributed by atoms with Gasteiger partial charge in [0.15, 0.2) is 0 Å². The Labute approximate surface area is 104 Å². The first-order valence-electron chi connectivity index (χ1n) is 5.75. The van der Waals surface area contributed by atoms with Gasteiger partial charge in [0.05, 0.1) is 0 Å². The van der Waals surface area contributed by atoms with Crippen LogP contribution < -0.4 is 5.32 Å². The zero-order valence-corrected chi connectivity index (χ0v) is 10.6. The van der Waals surface area contributed by atoms with Crippen molar-refractivity contribution in [2.24, 2.45) is 0 Å². The molecule has 0 saturated carbocycles. The lowest BCUT2D eigenvalue weighted by Gasteiger charge is -2.43. The molecule has 0 radical (unpaired) electrons. The first kappa shape index (κ1) is 14.8. The third-order valence-electron chi connectivity index (χ3n) is 3.06. The van der Waals surface area contributed by atoms with E-state index in [1.807, 2.05) is 0 Å². The van der Waals surface area contributed by atoms with Crippen LogP contribution in [-0.2, 0) is 9.59 Å². The molecule has 1 unspecified atom stereocenters. The highest BCUT2D eigenvalue weighted by atomic mass is 19.4. The van der Waals surface area contributed by atoms with Gasteiger partial charge in [0.1, 0.15) is 11.6 Å². The maximum absolute atomic E-state index is 12.1. The molecule has 18 heavy (non-hydrogen) atoms. The maximum Gasteiger partial charge on any atom is 0.389 e. The van der Waals surface area contributed by atoms with Crippen LogP contribution in [0.25, 0.3) is 0 Å². The van der Waals surface area contributed by atoms with Crippen molar-refractivity contribution in [2.45, 2.75) is 51.4 Å². The zero-order valence-electron chi connectivity index (χ0n) is 10.6. The van der Waals surface area contributed by atoms with E-state index in [-0.39, 0.29) is 24.8 Å². The predicted octanol–water partition coefficient (Wildman–Crippen LogP) is 1.45. The number of hydrogen-bond acceptors (Lipinski definition) is 2. The third kappa shape index (κ3) is 3.14. The van der Waals surface area contributed by atoms with Gasteiger partial charge in [-0.2, -0.15) is 13.2 Å². The summed E-state index contributed by atoms with van der Waals surface area (Å²) in [4.78, 5) is 24.8. The van der Waals surface area contributed by atoms with E-state index in [2.05, 4.69) is 5.32 Å². The molecule has 7 heteroatoms. The lowest BCUT2D eigenvalue weighted by atomic mass is 9.95. The average Bonchev–Trinajstić information content (AvgIpc) is 2.19. The molecule has 1 atom stereocenters. The minimum absolute atomic E-state index is 0.0664. The van der Waals surface area contributed by atoms with E-state index < -0.39 is 24.2 Å². The summed E-state index contributed by atoms with van der Waals surface area (Å²) >= 11 is 0. The van der Waals surface area contributed by atoms with Crippen molar-refractivity contribution in [3.8, 4) is 0 Å². The highest BCUT2D eigenvalue weighted by Gasteiger charge is 2.44. The Hall–Kier alpha value is -1.27. The molecule has 1 heterocycles. The highest BCUT2D eigenvalue weighted by Crippen LogP contribution is 2.25. The zero-order chi connectivity index (χ0) is 14.1. The number of carbonyl (C=O) groups is 2. The summed E-state index contributed by atoms with van der Waals surface area (Å²) < 4.78 is 36.2. The van der Waals surface area contributed by atoms with Gasteiger partial charge in [0.2, 0.25) is 11.8 Å². The molecule has 4 nitrogen and oxygen atoms in total. The van der Waals surface area contributed by atoms with Crippen LogP contribution >= 0.6 is 0 Å². The molecule has 2 amide bonds. The molecule has 1 N–H and O–H groups in total. The molecule has 0 aromatic carbocycles. The number of amides is 2. The Kier molecular flexibility index (Phi) is 3.92. The van der Waals surface area contributed by atoms with Crippen molar-refractivity contribution < 1.29 is 22.8 Å². The molecule has 1 aliphatic rings. The van der Waals surface area contributed by atoms with E-state index in [4.69, 9.17) is 0 Å². The molecule has 1 fully saturated rings. The molecule has 1 saturated heterocycles. The highest BCUT2D eigenvalue weighted by molar-refractivity contribution is 5.99. The molecule has 0 aliphatic carbocycles. The summed E-state index contributed by atoms with van der Waals surface area (Å²) in [7, 11) is 0.